The lowest BCUT2D eigenvalue weighted by Gasteiger charge is -2.41. The molecule has 1 aliphatic heterocycles. The Balaban J connectivity index is 1.50. The highest BCUT2D eigenvalue weighted by Crippen LogP contribution is 2.21. The van der Waals surface area contributed by atoms with Gasteiger partial charge in [0.2, 0.25) is 5.91 Å². The summed E-state index contributed by atoms with van der Waals surface area (Å²) in [5, 5.41) is 2.97. The number of hydrogen-bond donors (Lipinski definition) is 1. The molecule has 144 valence electrons. The van der Waals surface area contributed by atoms with E-state index >= 15 is 0 Å². The van der Waals surface area contributed by atoms with Crippen LogP contribution < -0.4 is 15.0 Å². The standard InChI is InChI=1S/C22H29N3O2/c1-4-27-21-11-7-19(8-12-21)23-22(26)16-24-13-14-25(18(3)15-24)20-9-5-17(2)6-10-20/h5-12,18H,4,13-16H2,1-3H3,(H,23,26). The van der Waals surface area contributed by atoms with Gasteiger partial charge in [0, 0.05) is 37.1 Å². The Bertz CT molecular complexity index is 743. The Kier molecular flexibility index (Phi) is 6.35. The number of aryl methyl sites for hydroxylation is 1. The van der Waals surface area contributed by atoms with Crippen molar-refractivity contribution in [3.8, 4) is 5.75 Å². The van der Waals surface area contributed by atoms with Gasteiger partial charge in [0.1, 0.15) is 5.75 Å². The zero-order valence-electron chi connectivity index (χ0n) is 16.4. The maximum absolute atomic E-state index is 12.4. The van der Waals surface area contributed by atoms with Gasteiger partial charge in [-0.3, -0.25) is 9.69 Å². The third kappa shape index (κ3) is 5.23. The fourth-order valence-electron chi connectivity index (χ4n) is 3.50. The fourth-order valence-corrected chi connectivity index (χ4v) is 3.50. The maximum Gasteiger partial charge on any atom is 0.238 e. The van der Waals surface area contributed by atoms with Gasteiger partial charge in [-0.15, -0.1) is 0 Å². The number of ether oxygens (including phenoxy) is 1. The first kappa shape index (κ1) is 19.2. The monoisotopic (exact) mass is 367 g/mol. The van der Waals surface area contributed by atoms with Crippen LogP contribution in [0.15, 0.2) is 48.5 Å². The quantitative estimate of drug-likeness (QED) is 0.848. The molecule has 0 aliphatic carbocycles. The van der Waals surface area contributed by atoms with Crippen molar-refractivity contribution in [1.82, 2.24) is 4.90 Å². The number of anilines is 2. The Morgan fingerprint density at radius 1 is 1.11 bits per heavy atom. The third-order valence-corrected chi connectivity index (χ3v) is 4.89. The molecule has 1 N–H and O–H groups in total. The summed E-state index contributed by atoms with van der Waals surface area (Å²) >= 11 is 0. The van der Waals surface area contributed by atoms with E-state index in [2.05, 4.69) is 53.2 Å². The van der Waals surface area contributed by atoms with E-state index in [9.17, 15) is 4.79 Å². The average molecular weight is 367 g/mol. The Hall–Kier alpha value is -2.53. The molecule has 2 aromatic carbocycles. The van der Waals surface area contributed by atoms with Crippen LogP contribution in [-0.4, -0.2) is 49.6 Å². The SMILES string of the molecule is CCOc1ccc(NC(=O)CN2CCN(c3ccc(C)cc3)C(C)C2)cc1. The molecule has 1 saturated heterocycles. The van der Waals surface area contributed by atoms with Crippen LogP contribution >= 0.6 is 0 Å². The second-order valence-electron chi connectivity index (χ2n) is 7.12. The van der Waals surface area contributed by atoms with Gasteiger partial charge in [-0.25, -0.2) is 0 Å². The summed E-state index contributed by atoms with van der Waals surface area (Å²) < 4.78 is 5.43. The molecule has 0 radical (unpaired) electrons. The average Bonchev–Trinajstić information content (AvgIpc) is 2.65. The molecule has 1 aliphatic rings. The number of amides is 1. The number of carbonyl (C=O) groups is 1. The second kappa shape index (κ2) is 8.91. The van der Waals surface area contributed by atoms with Gasteiger partial charge in [-0.1, -0.05) is 17.7 Å². The molecule has 1 heterocycles. The van der Waals surface area contributed by atoms with Crippen molar-refractivity contribution in [3.05, 3.63) is 54.1 Å². The normalized spacial score (nSPS) is 17.6. The largest absolute Gasteiger partial charge is 0.494 e. The van der Waals surface area contributed by atoms with Gasteiger partial charge >= 0.3 is 0 Å². The summed E-state index contributed by atoms with van der Waals surface area (Å²) in [5.41, 5.74) is 3.33. The minimum Gasteiger partial charge on any atom is -0.494 e. The molecule has 0 saturated carbocycles. The number of carbonyl (C=O) groups excluding carboxylic acids is 1. The van der Waals surface area contributed by atoms with Gasteiger partial charge in [-0.2, -0.15) is 0 Å². The lowest BCUT2D eigenvalue weighted by Crippen LogP contribution is -2.53. The van der Waals surface area contributed by atoms with Crippen molar-refractivity contribution in [2.45, 2.75) is 26.8 Å². The highest BCUT2D eigenvalue weighted by Gasteiger charge is 2.25. The van der Waals surface area contributed by atoms with E-state index in [1.54, 1.807) is 0 Å². The van der Waals surface area contributed by atoms with Gasteiger partial charge in [0.05, 0.1) is 13.2 Å². The van der Waals surface area contributed by atoms with Crippen LogP contribution in [0.4, 0.5) is 11.4 Å². The number of piperazine rings is 1. The van der Waals surface area contributed by atoms with E-state index in [4.69, 9.17) is 4.74 Å². The Morgan fingerprint density at radius 2 is 1.81 bits per heavy atom. The molecule has 0 spiro atoms. The predicted octanol–water partition coefficient (Wildman–Crippen LogP) is 3.54. The number of nitrogens with zero attached hydrogens (tertiary/aromatic N) is 2. The molecule has 1 amide bonds. The second-order valence-corrected chi connectivity index (χ2v) is 7.12. The van der Waals surface area contributed by atoms with Gasteiger partial charge in [0.15, 0.2) is 0 Å². The Labute approximate surface area is 161 Å². The highest BCUT2D eigenvalue weighted by molar-refractivity contribution is 5.92. The summed E-state index contributed by atoms with van der Waals surface area (Å²) in [7, 11) is 0. The molecule has 27 heavy (non-hydrogen) atoms. The van der Waals surface area contributed by atoms with Crippen molar-refractivity contribution < 1.29 is 9.53 Å². The van der Waals surface area contributed by atoms with Gasteiger partial charge < -0.3 is 15.0 Å². The minimum absolute atomic E-state index is 0.0233. The molecule has 1 fully saturated rings. The van der Waals surface area contributed by atoms with E-state index in [1.807, 2.05) is 31.2 Å². The van der Waals surface area contributed by atoms with Crippen molar-refractivity contribution in [2.75, 3.05) is 43.0 Å². The molecular weight excluding hydrogens is 338 g/mol. The number of rotatable bonds is 6. The van der Waals surface area contributed by atoms with Crippen LogP contribution in [0.2, 0.25) is 0 Å². The van der Waals surface area contributed by atoms with Gasteiger partial charge in [-0.05, 0) is 57.2 Å². The van der Waals surface area contributed by atoms with Crippen LogP contribution in [0.3, 0.4) is 0 Å². The summed E-state index contributed by atoms with van der Waals surface area (Å²) in [4.78, 5) is 17.0. The first-order valence-corrected chi connectivity index (χ1v) is 9.63. The van der Waals surface area contributed by atoms with Crippen molar-refractivity contribution >= 4 is 17.3 Å². The lowest BCUT2D eigenvalue weighted by atomic mass is 10.1. The minimum atomic E-state index is 0.0233. The molecule has 0 aromatic heterocycles. The lowest BCUT2D eigenvalue weighted by molar-refractivity contribution is -0.117. The summed E-state index contributed by atoms with van der Waals surface area (Å²) in [6.45, 7) is 10.0. The van der Waals surface area contributed by atoms with Gasteiger partial charge in [0.25, 0.3) is 0 Å². The molecule has 2 aromatic rings. The van der Waals surface area contributed by atoms with Crippen LogP contribution in [-0.2, 0) is 4.79 Å². The van der Waals surface area contributed by atoms with E-state index in [1.165, 1.54) is 11.3 Å². The number of benzene rings is 2. The van der Waals surface area contributed by atoms with Crippen LogP contribution in [0.5, 0.6) is 5.75 Å². The number of hydrogen-bond acceptors (Lipinski definition) is 4. The first-order valence-electron chi connectivity index (χ1n) is 9.63. The van der Waals surface area contributed by atoms with Crippen LogP contribution in [0.1, 0.15) is 19.4 Å². The smallest absolute Gasteiger partial charge is 0.238 e. The summed E-state index contributed by atoms with van der Waals surface area (Å²) in [5.74, 6) is 0.840. The van der Waals surface area contributed by atoms with E-state index in [0.717, 1.165) is 31.1 Å². The molecule has 3 rings (SSSR count). The summed E-state index contributed by atoms with van der Waals surface area (Å²) in [6, 6.07) is 16.5. The zero-order valence-corrected chi connectivity index (χ0v) is 16.4. The van der Waals surface area contributed by atoms with Crippen molar-refractivity contribution in [1.29, 1.82) is 0 Å². The zero-order chi connectivity index (χ0) is 19.2. The van der Waals surface area contributed by atoms with E-state index in [-0.39, 0.29) is 5.91 Å². The third-order valence-electron chi connectivity index (χ3n) is 4.89. The molecule has 1 atom stereocenters. The van der Waals surface area contributed by atoms with E-state index in [0.29, 0.717) is 19.2 Å². The molecule has 1 unspecified atom stereocenters. The molecular formula is C22H29N3O2. The Morgan fingerprint density at radius 3 is 2.44 bits per heavy atom. The van der Waals surface area contributed by atoms with Crippen LogP contribution in [0.25, 0.3) is 0 Å². The van der Waals surface area contributed by atoms with Crippen molar-refractivity contribution in [3.63, 3.8) is 0 Å². The number of nitrogens with one attached hydrogen (secondary N) is 1. The van der Waals surface area contributed by atoms with Crippen molar-refractivity contribution in [2.24, 2.45) is 0 Å². The molecule has 5 nitrogen and oxygen atoms in total. The maximum atomic E-state index is 12.4. The molecule has 0 bridgehead atoms. The van der Waals surface area contributed by atoms with E-state index < -0.39 is 0 Å². The fraction of sp³-hybridized carbons (Fsp3) is 0.409. The van der Waals surface area contributed by atoms with Crippen LogP contribution in [0, 0.1) is 6.92 Å². The predicted molar refractivity (Wildman–Crippen MR) is 111 cm³/mol. The first-order chi connectivity index (χ1) is 13.0. The molecule has 5 heteroatoms. The highest BCUT2D eigenvalue weighted by atomic mass is 16.5. The topological polar surface area (TPSA) is 44.8 Å². The summed E-state index contributed by atoms with van der Waals surface area (Å²) in [6.07, 6.45) is 0.